The molecular formula is C18H24O2. The third kappa shape index (κ3) is 4.37. The second-order valence-corrected chi connectivity index (χ2v) is 5.49. The first-order valence-electron chi connectivity index (χ1n) is 7.62. The van der Waals surface area contributed by atoms with Gasteiger partial charge in [-0.15, -0.1) is 0 Å². The molecule has 1 saturated carbocycles. The van der Waals surface area contributed by atoms with Gasteiger partial charge >= 0.3 is 0 Å². The quantitative estimate of drug-likeness (QED) is 0.850. The van der Waals surface area contributed by atoms with Crippen LogP contribution >= 0.6 is 0 Å². The second kappa shape index (κ2) is 8.09. The Kier molecular flexibility index (Phi) is 6.11. The summed E-state index contributed by atoms with van der Waals surface area (Å²) >= 11 is 0. The smallest absolute Gasteiger partial charge is 0.104 e. The van der Waals surface area contributed by atoms with E-state index in [2.05, 4.69) is 24.8 Å². The molecule has 108 valence electrons. The molecule has 20 heavy (non-hydrogen) atoms. The summed E-state index contributed by atoms with van der Waals surface area (Å²) in [6, 6.07) is 8.02. The Hall–Kier alpha value is -1.30. The molecule has 1 aliphatic carbocycles. The van der Waals surface area contributed by atoms with E-state index in [1.807, 2.05) is 18.2 Å². The molecule has 0 aromatic heterocycles. The maximum Gasteiger partial charge on any atom is 0.104 e. The van der Waals surface area contributed by atoms with Crippen LogP contribution < -0.4 is 0 Å². The van der Waals surface area contributed by atoms with Crippen LogP contribution in [0.2, 0.25) is 0 Å². The van der Waals surface area contributed by atoms with E-state index < -0.39 is 0 Å². The van der Waals surface area contributed by atoms with Gasteiger partial charge in [0.2, 0.25) is 0 Å². The van der Waals surface area contributed by atoms with Crippen molar-refractivity contribution in [3.05, 3.63) is 35.4 Å². The second-order valence-electron chi connectivity index (χ2n) is 5.49. The molecule has 1 aromatic rings. The highest BCUT2D eigenvalue weighted by molar-refractivity contribution is 5.40. The first kappa shape index (κ1) is 15.1. The molecule has 2 rings (SSSR count). The zero-order chi connectivity index (χ0) is 14.2. The molecular weight excluding hydrogens is 248 g/mol. The monoisotopic (exact) mass is 272 g/mol. The van der Waals surface area contributed by atoms with E-state index in [-0.39, 0.29) is 6.61 Å². The fraction of sp³-hybridized carbons (Fsp3) is 0.556. The molecule has 2 heteroatoms. The lowest BCUT2D eigenvalue weighted by molar-refractivity contribution is 0.00169. The van der Waals surface area contributed by atoms with Crippen molar-refractivity contribution in [1.82, 2.24) is 0 Å². The van der Waals surface area contributed by atoms with Gasteiger partial charge in [0.25, 0.3) is 0 Å². The molecule has 0 amide bonds. The maximum absolute atomic E-state index is 8.80. The zero-order valence-electron chi connectivity index (χ0n) is 12.3. The Morgan fingerprint density at radius 1 is 1.30 bits per heavy atom. The number of hydrogen-bond acceptors (Lipinski definition) is 2. The van der Waals surface area contributed by atoms with Crippen LogP contribution in [0.25, 0.3) is 0 Å². The average molecular weight is 272 g/mol. The van der Waals surface area contributed by atoms with Crippen LogP contribution in [0.15, 0.2) is 24.3 Å². The van der Waals surface area contributed by atoms with Crippen LogP contribution in [0, 0.1) is 17.8 Å². The summed E-state index contributed by atoms with van der Waals surface area (Å²) < 4.78 is 6.09. The van der Waals surface area contributed by atoms with Crippen LogP contribution in [0.3, 0.4) is 0 Å². The molecule has 1 aromatic carbocycles. The largest absolute Gasteiger partial charge is 0.384 e. The van der Waals surface area contributed by atoms with Crippen molar-refractivity contribution < 1.29 is 9.84 Å². The maximum atomic E-state index is 8.80. The Balaban J connectivity index is 1.93. The Bertz CT molecular complexity index is 470. The molecule has 2 atom stereocenters. The lowest BCUT2D eigenvalue weighted by Gasteiger charge is -2.28. The Morgan fingerprint density at radius 2 is 2.15 bits per heavy atom. The first-order chi connectivity index (χ1) is 9.83. The van der Waals surface area contributed by atoms with Gasteiger partial charge in [0.05, 0.1) is 12.7 Å². The zero-order valence-corrected chi connectivity index (χ0v) is 12.3. The summed E-state index contributed by atoms with van der Waals surface area (Å²) in [5, 5.41) is 8.80. The number of aliphatic hydroxyl groups excluding tert-OH is 1. The molecule has 0 bridgehead atoms. The van der Waals surface area contributed by atoms with Crippen molar-refractivity contribution in [3.8, 4) is 11.8 Å². The molecule has 2 nitrogen and oxygen atoms in total. The highest BCUT2D eigenvalue weighted by Gasteiger charge is 2.21. The van der Waals surface area contributed by atoms with E-state index in [9.17, 15) is 0 Å². The normalized spacial score (nSPS) is 22.1. The number of aliphatic hydroxyl groups is 1. The van der Waals surface area contributed by atoms with Gasteiger partial charge in [-0.2, -0.15) is 0 Å². The van der Waals surface area contributed by atoms with E-state index in [1.54, 1.807) is 0 Å². The summed E-state index contributed by atoms with van der Waals surface area (Å²) in [7, 11) is 0. The summed E-state index contributed by atoms with van der Waals surface area (Å²) in [5.41, 5.74) is 2.08. The molecule has 0 saturated heterocycles. The SMILES string of the molecule is CCC1CCCC(OCc2ccccc2C#CCO)C1. The third-order valence-electron chi connectivity index (χ3n) is 4.11. The van der Waals surface area contributed by atoms with E-state index in [1.165, 1.54) is 32.1 Å². The van der Waals surface area contributed by atoms with Crippen LogP contribution in [-0.4, -0.2) is 17.8 Å². The van der Waals surface area contributed by atoms with Crippen molar-refractivity contribution >= 4 is 0 Å². The molecule has 0 radical (unpaired) electrons. The Labute approximate surface area is 122 Å². The standard InChI is InChI=1S/C18H24O2/c1-2-15-7-5-11-18(13-15)20-14-17-9-4-3-8-16(17)10-6-12-19/h3-4,8-9,15,18-19H,2,5,7,11-14H2,1H3. The highest BCUT2D eigenvalue weighted by atomic mass is 16.5. The average Bonchev–Trinajstić information content (AvgIpc) is 2.52. The van der Waals surface area contributed by atoms with Gasteiger partial charge in [-0.05, 0) is 30.4 Å². The minimum atomic E-state index is -0.101. The number of benzene rings is 1. The molecule has 0 spiro atoms. The number of ether oxygens (including phenoxy) is 1. The molecule has 1 fully saturated rings. The first-order valence-corrected chi connectivity index (χ1v) is 7.62. The van der Waals surface area contributed by atoms with E-state index >= 15 is 0 Å². The molecule has 1 aliphatic rings. The third-order valence-corrected chi connectivity index (χ3v) is 4.11. The van der Waals surface area contributed by atoms with E-state index in [0.29, 0.717) is 12.7 Å². The number of hydrogen-bond donors (Lipinski definition) is 1. The van der Waals surface area contributed by atoms with Gasteiger partial charge in [-0.3, -0.25) is 0 Å². The van der Waals surface area contributed by atoms with Crippen molar-refractivity contribution in [1.29, 1.82) is 0 Å². The fourth-order valence-corrected chi connectivity index (χ4v) is 2.87. The van der Waals surface area contributed by atoms with Gasteiger partial charge < -0.3 is 9.84 Å². The highest BCUT2D eigenvalue weighted by Crippen LogP contribution is 2.29. The van der Waals surface area contributed by atoms with Crippen molar-refractivity contribution in [2.45, 2.75) is 51.7 Å². The predicted octanol–water partition coefficient (Wildman–Crippen LogP) is 3.52. The van der Waals surface area contributed by atoms with Gasteiger partial charge in [0.1, 0.15) is 6.61 Å². The predicted molar refractivity (Wildman–Crippen MR) is 81.2 cm³/mol. The summed E-state index contributed by atoms with van der Waals surface area (Å²) in [4.78, 5) is 0. The Morgan fingerprint density at radius 3 is 2.95 bits per heavy atom. The van der Waals surface area contributed by atoms with E-state index in [4.69, 9.17) is 9.84 Å². The van der Waals surface area contributed by atoms with Crippen LogP contribution in [0.1, 0.15) is 50.2 Å². The molecule has 2 unspecified atom stereocenters. The fourth-order valence-electron chi connectivity index (χ4n) is 2.87. The molecule has 0 aliphatic heterocycles. The van der Waals surface area contributed by atoms with Gasteiger partial charge in [-0.25, -0.2) is 0 Å². The van der Waals surface area contributed by atoms with Crippen LogP contribution in [0.5, 0.6) is 0 Å². The summed E-state index contributed by atoms with van der Waals surface area (Å²) in [6.07, 6.45) is 6.68. The summed E-state index contributed by atoms with van der Waals surface area (Å²) in [6.45, 7) is 2.79. The molecule has 0 heterocycles. The molecule has 1 N–H and O–H groups in total. The summed E-state index contributed by atoms with van der Waals surface area (Å²) in [5.74, 6) is 6.53. The minimum absolute atomic E-state index is 0.101. The van der Waals surface area contributed by atoms with Crippen molar-refractivity contribution in [2.75, 3.05) is 6.61 Å². The van der Waals surface area contributed by atoms with Crippen LogP contribution in [0.4, 0.5) is 0 Å². The number of rotatable bonds is 4. The lowest BCUT2D eigenvalue weighted by atomic mass is 9.85. The van der Waals surface area contributed by atoms with E-state index in [0.717, 1.165) is 17.0 Å². The minimum Gasteiger partial charge on any atom is -0.384 e. The van der Waals surface area contributed by atoms with Gasteiger partial charge in [0.15, 0.2) is 0 Å². The van der Waals surface area contributed by atoms with Gasteiger partial charge in [0, 0.05) is 5.56 Å². The van der Waals surface area contributed by atoms with Crippen molar-refractivity contribution in [2.24, 2.45) is 5.92 Å². The lowest BCUT2D eigenvalue weighted by Crippen LogP contribution is -2.22. The topological polar surface area (TPSA) is 29.5 Å². The van der Waals surface area contributed by atoms with Gasteiger partial charge in [-0.1, -0.05) is 56.2 Å². The van der Waals surface area contributed by atoms with Crippen LogP contribution in [-0.2, 0) is 11.3 Å². The van der Waals surface area contributed by atoms with Crippen molar-refractivity contribution in [3.63, 3.8) is 0 Å².